The van der Waals surface area contributed by atoms with E-state index in [1.807, 2.05) is 0 Å². The molecule has 0 saturated heterocycles. The van der Waals surface area contributed by atoms with Crippen LogP contribution in [-0.2, 0) is 10.0 Å². The maximum atomic E-state index is 12.3. The zero-order chi connectivity index (χ0) is 15.7. The summed E-state index contributed by atoms with van der Waals surface area (Å²) in [6.07, 6.45) is 0. The number of carboxylic acids is 1. The number of sulfonamides is 1. The Morgan fingerprint density at radius 2 is 1.86 bits per heavy atom. The number of benzene rings is 2. The molecule has 3 N–H and O–H groups in total. The zero-order valence-electron chi connectivity index (χ0n) is 11.1. The summed E-state index contributed by atoms with van der Waals surface area (Å²) in [5.41, 5.74) is 0.588. The lowest BCUT2D eigenvalue weighted by Gasteiger charge is -2.05. The van der Waals surface area contributed by atoms with Crippen molar-refractivity contribution in [2.45, 2.75) is 4.90 Å². The standard InChI is InChI=1S/C14H11N3O4S/c18-14(19)9-6-7-12-11(8-9)13(16-15-12)17-22(20,21)10-4-2-1-3-5-10/h1-8H,(H,18,19)(H2,15,16,17). The number of nitrogens with zero attached hydrogens (tertiary/aromatic N) is 1. The van der Waals surface area contributed by atoms with E-state index < -0.39 is 16.0 Å². The molecule has 0 unspecified atom stereocenters. The highest BCUT2D eigenvalue weighted by Crippen LogP contribution is 2.24. The van der Waals surface area contributed by atoms with E-state index in [0.717, 1.165) is 0 Å². The topological polar surface area (TPSA) is 112 Å². The molecule has 112 valence electrons. The number of anilines is 1. The van der Waals surface area contributed by atoms with Crippen LogP contribution in [0.3, 0.4) is 0 Å². The quantitative estimate of drug-likeness (QED) is 0.682. The van der Waals surface area contributed by atoms with Crippen molar-refractivity contribution in [3.05, 3.63) is 54.1 Å². The van der Waals surface area contributed by atoms with Crippen LogP contribution >= 0.6 is 0 Å². The third-order valence-corrected chi connectivity index (χ3v) is 4.45. The zero-order valence-corrected chi connectivity index (χ0v) is 12.0. The fourth-order valence-electron chi connectivity index (χ4n) is 2.01. The minimum Gasteiger partial charge on any atom is -0.478 e. The van der Waals surface area contributed by atoms with E-state index in [9.17, 15) is 13.2 Å². The van der Waals surface area contributed by atoms with Crippen molar-refractivity contribution in [1.29, 1.82) is 0 Å². The smallest absolute Gasteiger partial charge is 0.335 e. The molecular weight excluding hydrogens is 306 g/mol. The predicted octanol–water partition coefficient (Wildman–Crippen LogP) is 2.06. The molecule has 22 heavy (non-hydrogen) atoms. The van der Waals surface area contributed by atoms with E-state index in [1.54, 1.807) is 18.2 Å². The van der Waals surface area contributed by atoms with Gasteiger partial charge in [0.15, 0.2) is 5.82 Å². The van der Waals surface area contributed by atoms with E-state index in [4.69, 9.17) is 5.11 Å². The summed E-state index contributed by atoms with van der Waals surface area (Å²) in [6.45, 7) is 0. The summed E-state index contributed by atoms with van der Waals surface area (Å²) in [7, 11) is -3.79. The van der Waals surface area contributed by atoms with Gasteiger partial charge >= 0.3 is 5.97 Å². The first-order chi connectivity index (χ1) is 10.5. The van der Waals surface area contributed by atoms with E-state index in [0.29, 0.717) is 10.9 Å². The first kappa shape index (κ1) is 14.1. The van der Waals surface area contributed by atoms with Crippen LogP contribution in [0.4, 0.5) is 5.82 Å². The third-order valence-electron chi connectivity index (χ3n) is 3.09. The number of aromatic amines is 1. The Kier molecular flexibility index (Phi) is 3.30. The van der Waals surface area contributed by atoms with Crippen molar-refractivity contribution in [1.82, 2.24) is 10.2 Å². The number of hydrogen-bond donors (Lipinski definition) is 3. The van der Waals surface area contributed by atoms with Crippen LogP contribution < -0.4 is 4.72 Å². The van der Waals surface area contributed by atoms with Gasteiger partial charge in [0.25, 0.3) is 10.0 Å². The van der Waals surface area contributed by atoms with Crippen molar-refractivity contribution < 1.29 is 18.3 Å². The molecule has 0 radical (unpaired) electrons. The second-order valence-electron chi connectivity index (χ2n) is 4.56. The van der Waals surface area contributed by atoms with Gasteiger partial charge in [-0.2, -0.15) is 5.10 Å². The fourth-order valence-corrected chi connectivity index (χ4v) is 3.05. The maximum absolute atomic E-state index is 12.3. The van der Waals surface area contributed by atoms with E-state index >= 15 is 0 Å². The molecule has 3 rings (SSSR count). The van der Waals surface area contributed by atoms with Crippen molar-refractivity contribution in [3.8, 4) is 0 Å². The molecule has 0 aliphatic carbocycles. The van der Waals surface area contributed by atoms with Crippen LogP contribution in [0, 0.1) is 0 Å². The predicted molar refractivity (Wildman–Crippen MR) is 80.3 cm³/mol. The first-order valence-corrected chi connectivity index (χ1v) is 7.75. The van der Waals surface area contributed by atoms with Crippen LogP contribution in [-0.4, -0.2) is 29.7 Å². The molecule has 0 amide bonds. The molecule has 8 heteroatoms. The van der Waals surface area contributed by atoms with Gasteiger partial charge < -0.3 is 5.11 Å². The number of carbonyl (C=O) groups is 1. The molecule has 0 saturated carbocycles. The number of nitrogens with one attached hydrogen (secondary N) is 2. The van der Waals surface area contributed by atoms with Gasteiger partial charge in [-0.1, -0.05) is 18.2 Å². The summed E-state index contributed by atoms with van der Waals surface area (Å²) in [4.78, 5) is 11.1. The monoisotopic (exact) mass is 317 g/mol. The van der Waals surface area contributed by atoms with E-state index in [2.05, 4.69) is 14.9 Å². The Labute approximate surface area is 125 Å². The molecule has 2 aromatic carbocycles. The molecule has 1 heterocycles. The number of rotatable bonds is 4. The Bertz CT molecular complexity index is 949. The van der Waals surface area contributed by atoms with Gasteiger partial charge in [0.2, 0.25) is 0 Å². The minimum absolute atomic E-state index is 0.0501. The number of fused-ring (bicyclic) bond motifs is 1. The number of aromatic nitrogens is 2. The van der Waals surface area contributed by atoms with Crippen LogP contribution in [0.2, 0.25) is 0 Å². The molecule has 0 fully saturated rings. The molecular formula is C14H11N3O4S. The van der Waals surface area contributed by atoms with E-state index in [-0.39, 0.29) is 16.3 Å². The highest BCUT2D eigenvalue weighted by molar-refractivity contribution is 7.92. The Morgan fingerprint density at radius 3 is 2.55 bits per heavy atom. The molecule has 0 spiro atoms. The normalized spacial score (nSPS) is 11.5. The lowest BCUT2D eigenvalue weighted by molar-refractivity contribution is 0.0697. The van der Waals surface area contributed by atoms with Crippen molar-refractivity contribution in [2.24, 2.45) is 0 Å². The average Bonchev–Trinajstić information content (AvgIpc) is 2.90. The number of hydrogen-bond acceptors (Lipinski definition) is 4. The Morgan fingerprint density at radius 1 is 1.14 bits per heavy atom. The summed E-state index contributed by atoms with van der Waals surface area (Å²) in [6, 6.07) is 12.2. The molecule has 0 atom stereocenters. The van der Waals surface area contributed by atoms with Crippen LogP contribution in [0.15, 0.2) is 53.4 Å². The van der Waals surface area contributed by atoms with Gasteiger partial charge in [0.1, 0.15) is 0 Å². The van der Waals surface area contributed by atoms with Gasteiger partial charge in [-0.15, -0.1) is 0 Å². The SMILES string of the molecule is O=C(O)c1ccc2[nH]nc(NS(=O)(=O)c3ccccc3)c2c1. The summed E-state index contributed by atoms with van der Waals surface area (Å²) in [5.74, 6) is -1.04. The van der Waals surface area contributed by atoms with Gasteiger partial charge in [0, 0.05) is 5.39 Å². The lowest BCUT2D eigenvalue weighted by atomic mass is 10.1. The van der Waals surface area contributed by atoms with E-state index in [1.165, 1.54) is 30.3 Å². The van der Waals surface area contributed by atoms with Gasteiger partial charge in [-0.3, -0.25) is 9.82 Å². The van der Waals surface area contributed by atoms with Crippen LogP contribution in [0.5, 0.6) is 0 Å². The molecule has 7 nitrogen and oxygen atoms in total. The number of H-pyrrole nitrogens is 1. The largest absolute Gasteiger partial charge is 0.478 e. The Hall–Kier alpha value is -2.87. The summed E-state index contributed by atoms with van der Waals surface area (Å²) >= 11 is 0. The summed E-state index contributed by atoms with van der Waals surface area (Å²) < 4.78 is 26.9. The van der Waals surface area contributed by atoms with Crippen molar-refractivity contribution in [3.63, 3.8) is 0 Å². The fraction of sp³-hybridized carbons (Fsp3) is 0. The van der Waals surface area contributed by atoms with Gasteiger partial charge in [-0.05, 0) is 30.3 Å². The second-order valence-corrected chi connectivity index (χ2v) is 6.24. The van der Waals surface area contributed by atoms with Crippen LogP contribution in [0.1, 0.15) is 10.4 Å². The van der Waals surface area contributed by atoms with Crippen molar-refractivity contribution >= 4 is 32.7 Å². The molecule has 0 aliphatic rings. The highest BCUT2D eigenvalue weighted by atomic mass is 32.2. The van der Waals surface area contributed by atoms with Gasteiger partial charge in [0.05, 0.1) is 16.0 Å². The second kappa shape index (κ2) is 5.15. The molecule has 0 aliphatic heterocycles. The average molecular weight is 317 g/mol. The third kappa shape index (κ3) is 2.51. The van der Waals surface area contributed by atoms with Gasteiger partial charge in [-0.25, -0.2) is 13.2 Å². The molecule has 0 bridgehead atoms. The number of carboxylic acid groups (broad SMARTS) is 1. The molecule has 1 aromatic heterocycles. The van der Waals surface area contributed by atoms with Crippen molar-refractivity contribution in [2.75, 3.05) is 4.72 Å². The molecule has 3 aromatic rings. The van der Waals surface area contributed by atoms with Crippen LogP contribution in [0.25, 0.3) is 10.9 Å². The maximum Gasteiger partial charge on any atom is 0.335 e. The lowest BCUT2D eigenvalue weighted by Crippen LogP contribution is -2.13. The summed E-state index contributed by atoms with van der Waals surface area (Å²) in [5, 5.41) is 16.0. The first-order valence-electron chi connectivity index (χ1n) is 6.27. The highest BCUT2D eigenvalue weighted by Gasteiger charge is 2.17. The number of aromatic carboxylic acids is 1. The Balaban J connectivity index is 2.04. The minimum atomic E-state index is -3.79.